The minimum absolute atomic E-state index is 0.0144. The predicted octanol–water partition coefficient (Wildman–Crippen LogP) is 8.62. The van der Waals surface area contributed by atoms with Crippen molar-refractivity contribution in [3.05, 3.63) is 89.6 Å². The molecular weight excluding hydrogens is 585 g/mol. The zero-order chi connectivity index (χ0) is 33.3. The van der Waals surface area contributed by atoms with Gasteiger partial charge in [-0.15, -0.1) is 0 Å². The van der Waals surface area contributed by atoms with Crippen LogP contribution in [-0.4, -0.2) is 33.1 Å². The SMILES string of the molecule is CC(C)(C)CC(=O)Nc1ccc2c(c1)cc(C(=O)Nc1ccc(N(C(=O)O)C(C)(C)C)cc1)n2Cc1ccccc1C(F)(F)F. The zero-order valence-electron chi connectivity index (χ0n) is 26.0. The van der Waals surface area contributed by atoms with E-state index in [0.29, 0.717) is 28.0 Å². The average molecular weight is 623 g/mol. The van der Waals surface area contributed by atoms with Gasteiger partial charge in [-0.05, 0) is 86.3 Å². The Kier molecular flexibility index (Phi) is 9.05. The van der Waals surface area contributed by atoms with Crippen LogP contribution in [0.25, 0.3) is 10.9 Å². The van der Waals surface area contributed by atoms with Gasteiger partial charge in [0.1, 0.15) is 5.69 Å². The van der Waals surface area contributed by atoms with Crippen molar-refractivity contribution in [3.8, 4) is 0 Å². The van der Waals surface area contributed by atoms with Crippen molar-refractivity contribution in [2.24, 2.45) is 5.41 Å². The number of aromatic nitrogens is 1. The lowest BCUT2D eigenvalue weighted by atomic mass is 9.92. The van der Waals surface area contributed by atoms with E-state index in [0.717, 1.165) is 6.07 Å². The standard InChI is InChI=1S/C34H37F3N4O4/c1-32(2,3)19-29(42)38-24-13-16-27-22(17-24)18-28(40(27)20-21-9-7-8-10-26(21)34(35,36)37)30(43)39-23-11-14-25(15-12-23)41(31(44)45)33(4,5)6/h7-18H,19-20H2,1-6H3,(H,38,42)(H,39,43)(H,44,45). The first-order valence-electron chi connectivity index (χ1n) is 14.4. The van der Waals surface area contributed by atoms with Gasteiger partial charge >= 0.3 is 12.3 Å². The van der Waals surface area contributed by atoms with E-state index in [9.17, 15) is 32.7 Å². The maximum Gasteiger partial charge on any atom is 0.416 e. The molecule has 8 nitrogen and oxygen atoms in total. The van der Waals surface area contributed by atoms with Crippen LogP contribution in [0.2, 0.25) is 0 Å². The summed E-state index contributed by atoms with van der Waals surface area (Å²) >= 11 is 0. The number of halogens is 3. The monoisotopic (exact) mass is 622 g/mol. The van der Waals surface area contributed by atoms with E-state index in [1.165, 1.54) is 27.7 Å². The Hall–Kier alpha value is -4.80. The van der Waals surface area contributed by atoms with Crippen molar-refractivity contribution < 1.29 is 32.7 Å². The average Bonchev–Trinajstić information content (AvgIpc) is 3.25. The number of carboxylic acid groups (broad SMARTS) is 1. The van der Waals surface area contributed by atoms with Crippen LogP contribution < -0.4 is 15.5 Å². The summed E-state index contributed by atoms with van der Waals surface area (Å²) in [5.41, 5.74) is 0.114. The molecule has 3 N–H and O–H groups in total. The number of carbonyl (C=O) groups excluding carboxylic acids is 2. The summed E-state index contributed by atoms with van der Waals surface area (Å²) in [4.78, 5) is 39.3. The molecule has 3 amide bonds. The molecule has 0 radical (unpaired) electrons. The fourth-order valence-electron chi connectivity index (χ4n) is 5.17. The highest BCUT2D eigenvalue weighted by Crippen LogP contribution is 2.34. The number of fused-ring (bicyclic) bond motifs is 1. The molecule has 3 aromatic carbocycles. The molecule has 0 saturated carbocycles. The topological polar surface area (TPSA) is 104 Å². The zero-order valence-corrected chi connectivity index (χ0v) is 26.0. The molecule has 0 atom stereocenters. The minimum Gasteiger partial charge on any atom is -0.465 e. The number of alkyl halides is 3. The molecular formula is C34H37F3N4O4. The van der Waals surface area contributed by atoms with Gasteiger partial charge < -0.3 is 20.3 Å². The molecule has 1 heterocycles. The van der Waals surface area contributed by atoms with Gasteiger partial charge in [0.25, 0.3) is 5.91 Å². The lowest BCUT2D eigenvalue weighted by Crippen LogP contribution is -2.45. The first-order chi connectivity index (χ1) is 20.8. The molecule has 1 aromatic heterocycles. The highest BCUT2D eigenvalue weighted by molar-refractivity contribution is 6.07. The van der Waals surface area contributed by atoms with Gasteiger partial charge in [-0.2, -0.15) is 13.2 Å². The van der Waals surface area contributed by atoms with Gasteiger partial charge in [0.15, 0.2) is 0 Å². The summed E-state index contributed by atoms with van der Waals surface area (Å²) in [5.74, 6) is -0.762. The van der Waals surface area contributed by atoms with Gasteiger partial charge in [0.05, 0.1) is 5.56 Å². The van der Waals surface area contributed by atoms with Gasteiger partial charge in [-0.3, -0.25) is 14.5 Å². The van der Waals surface area contributed by atoms with Gasteiger partial charge in [0.2, 0.25) is 5.91 Å². The van der Waals surface area contributed by atoms with E-state index in [-0.39, 0.29) is 35.5 Å². The molecule has 4 aromatic rings. The molecule has 0 unspecified atom stereocenters. The number of benzene rings is 3. The third-order valence-electron chi connectivity index (χ3n) is 7.01. The van der Waals surface area contributed by atoms with Crippen LogP contribution in [0.1, 0.15) is 69.6 Å². The number of nitrogens with zero attached hydrogens (tertiary/aromatic N) is 2. The lowest BCUT2D eigenvalue weighted by molar-refractivity contribution is -0.138. The van der Waals surface area contributed by atoms with Crippen LogP contribution in [0, 0.1) is 5.41 Å². The molecule has 238 valence electrons. The molecule has 0 aliphatic carbocycles. The number of rotatable bonds is 7. The predicted molar refractivity (Wildman–Crippen MR) is 170 cm³/mol. The largest absolute Gasteiger partial charge is 0.465 e. The van der Waals surface area contributed by atoms with E-state index in [4.69, 9.17) is 0 Å². The van der Waals surface area contributed by atoms with E-state index >= 15 is 0 Å². The van der Waals surface area contributed by atoms with Gasteiger partial charge in [-0.25, -0.2) is 4.79 Å². The number of hydrogen-bond acceptors (Lipinski definition) is 3. The summed E-state index contributed by atoms with van der Waals surface area (Å²) in [7, 11) is 0. The van der Waals surface area contributed by atoms with Crippen molar-refractivity contribution in [2.45, 2.75) is 66.2 Å². The molecule has 0 saturated heterocycles. The Morgan fingerprint density at radius 3 is 2.02 bits per heavy atom. The van der Waals surface area contributed by atoms with E-state index in [1.54, 1.807) is 69.3 Å². The molecule has 0 fully saturated rings. The number of amides is 3. The Morgan fingerprint density at radius 2 is 1.44 bits per heavy atom. The second kappa shape index (κ2) is 12.3. The normalized spacial score (nSPS) is 12.2. The van der Waals surface area contributed by atoms with Crippen LogP contribution in [-0.2, 0) is 17.5 Å². The molecule has 0 aliphatic rings. The number of hydrogen-bond donors (Lipinski definition) is 3. The maximum absolute atomic E-state index is 13.9. The number of carbonyl (C=O) groups is 3. The first-order valence-corrected chi connectivity index (χ1v) is 14.4. The third-order valence-corrected chi connectivity index (χ3v) is 7.01. The third kappa shape index (κ3) is 8.03. The van der Waals surface area contributed by atoms with Crippen LogP contribution in [0.4, 0.5) is 35.0 Å². The highest BCUT2D eigenvalue weighted by atomic mass is 19.4. The maximum atomic E-state index is 13.9. The van der Waals surface area contributed by atoms with Crippen molar-refractivity contribution in [2.75, 3.05) is 15.5 Å². The summed E-state index contributed by atoms with van der Waals surface area (Å²) in [6.07, 6.45) is -5.44. The number of nitrogens with one attached hydrogen (secondary N) is 2. The molecule has 11 heteroatoms. The van der Waals surface area contributed by atoms with Crippen molar-refractivity contribution in [3.63, 3.8) is 0 Å². The molecule has 0 aliphatic heterocycles. The highest BCUT2D eigenvalue weighted by Gasteiger charge is 2.33. The Labute approximate surface area is 259 Å². The van der Waals surface area contributed by atoms with Crippen LogP contribution >= 0.6 is 0 Å². The summed E-state index contributed by atoms with van der Waals surface area (Å²) in [6, 6.07) is 18.0. The Morgan fingerprint density at radius 1 is 0.822 bits per heavy atom. The fourth-order valence-corrected chi connectivity index (χ4v) is 5.17. The van der Waals surface area contributed by atoms with Crippen LogP contribution in [0.5, 0.6) is 0 Å². The quantitative estimate of drug-likeness (QED) is 0.192. The number of anilines is 3. The summed E-state index contributed by atoms with van der Waals surface area (Å²) in [6.45, 7) is 10.9. The van der Waals surface area contributed by atoms with Crippen LogP contribution in [0.15, 0.2) is 72.8 Å². The van der Waals surface area contributed by atoms with E-state index in [2.05, 4.69) is 10.6 Å². The molecule has 4 rings (SSSR count). The Balaban J connectivity index is 1.72. The smallest absolute Gasteiger partial charge is 0.416 e. The lowest BCUT2D eigenvalue weighted by Gasteiger charge is -2.33. The minimum atomic E-state index is -4.59. The second-order valence-corrected chi connectivity index (χ2v) is 13.1. The van der Waals surface area contributed by atoms with Crippen molar-refractivity contribution in [1.29, 1.82) is 0 Å². The molecule has 45 heavy (non-hydrogen) atoms. The fraction of sp³-hybridized carbons (Fsp3) is 0.324. The van der Waals surface area contributed by atoms with Crippen molar-refractivity contribution >= 4 is 45.9 Å². The van der Waals surface area contributed by atoms with E-state index < -0.39 is 29.3 Å². The molecule has 0 spiro atoms. The molecule has 0 bridgehead atoms. The Bertz CT molecular complexity index is 1730. The van der Waals surface area contributed by atoms with Gasteiger partial charge in [-0.1, -0.05) is 39.0 Å². The van der Waals surface area contributed by atoms with Gasteiger partial charge in [0, 0.05) is 46.5 Å². The summed E-state index contributed by atoms with van der Waals surface area (Å²) < 4.78 is 43.1. The van der Waals surface area contributed by atoms with E-state index in [1.807, 2.05) is 20.8 Å². The van der Waals surface area contributed by atoms with Crippen molar-refractivity contribution in [1.82, 2.24) is 4.57 Å². The van der Waals surface area contributed by atoms with Crippen LogP contribution in [0.3, 0.4) is 0 Å². The first kappa shape index (κ1) is 33.1. The second-order valence-electron chi connectivity index (χ2n) is 13.1. The summed E-state index contributed by atoms with van der Waals surface area (Å²) in [5, 5.41) is 15.9.